The quantitative estimate of drug-likeness (QED) is 0.802. The monoisotopic (exact) mass is 299 g/mol. The minimum Gasteiger partial charge on any atom is -0.480 e. The highest BCUT2D eigenvalue weighted by atomic mass is 32.2. The molecule has 0 spiro atoms. The number of carboxylic acids is 1. The average Bonchev–Trinajstić information content (AvgIpc) is 2.61. The van der Waals surface area contributed by atoms with Crippen LogP contribution in [0.15, 0.2) is 12.2 Å². The number of rotatable bonds is 4. The Labute approximate surface area is 123 Å². The van der Waals surface area contributed by atoms with E-state index >= 15 is 0 Å². The summed E-state index contributed by atoms with van der Waals surface area (Å²) >= 11 is 1.62. The molecule has 6 heteroatoms. The summed E-state index contributed by atoms with van der Waals surface area (Å²) in [7, 11) is 0. The summed E-state index contributed by atoms with van der Waals surface area (Å²) in [6.45, 7) is 3.38. The van der Waals surface area contributed by atoms with Gasteiger partial charge in [0, 0.05) is 13.2 Å². The second-order valence-electron chi connectivity index (χ2n) is 5.47. The van der Waals surface area contributed by atoms with Gasteiger partial charge in [0.2, 0.25) is 0 Å². The summed E-state index contributed by atoms with van der Waals surface area (Å²) in [6, 6.07) is 0. The number of aliphatic carboxylic acids is 1. The number of ether oxygens (including phenoxy) is 2. The van der Waals surface area contributed by atoms with Crippen molar-refractivity contribution in [1.29, 1.82) is 0 Å². The van der Waals surface area contributed by atoms with E-state index in [1.807, 2.05) is 17.9 Å². The maximum atomic E-state index is 11.9. The van der Waals surface area contributed by atoms with Crippen LogP contribution < -0.4 is 0 Å². The van der Waals surface area contributed by atoms with E-state index < -0.39 is 16.9 Å². The zero-order chi connectivity index (χ0) is 14.2. The highest BCUT2D eigenvalue weighted by Gasteiger charge is 2.62. The van der Waals surface area contributed by atoms with E-state index in [-0.39, 0.29) is 11.7 Å². The van der Waals surface area contributed by atoms with Gasteiger partial charge in [-0.05, 0) is 32.6 Å². The van der Waals surface area contributed by atoms with E-state index in [1.54, 1.807) is 17.8 Å². The van der Waals surface area contributed by atoms with Gasteiger partial charge in [-0.25, -0.2) is 4.79 Å². The Bertz CT molecular complexity index is 410. The molecule has 5 nitrogen and oxygen atoms in total. The molecule has 0 bridgehead atoms. The van der Waals surface area contributed by atoms with Crippen LogP contribution in [0.4, 0.5) is 0 Å². The van der Waals surface area contributed by atoms with Crippen molar-refractivity contribution in [1.82, 2.24) is 4.90 Å². The summed E-state index contributed by atoms with van der Waals surface area (Å²) in [4.78, 5) is 14.0. The Morgan fingerprint density at radius 1 is 1.50 bits per heavy atom. The Balaban J connectivity index is 1.81. The molecule has 3 unspecified atom stereocenters. The molecule has 4 atom stereocenters. The fourth-order valence-corrected chi connectivity index (χ4v) is 4.79. The number of nitrogens with zero attached hydrogens (tertiary/aromatic N) is 1. The fourth-order valence-electron chi connectivity index (χ4n) is 3.13. The van der Waals surface area contributed by atoms with Crippen LogP contribution in [0.5, 0.6) is 0 Å². The Morgan fingerprint density at radius 2 is 2.35 bits per heavy atom. The molecule has 0 radical (unpaired) electrons. The molecule has 3 saturated heterocycles. The lowest BCUT2D eigenvalue weighted by Crippen LogP contribution is -2.61. The smallest absolute Gasteiger partial charge is 0.331 e. The van der Waals surface area contributed by atoms with Gasteiger partial charge in [-0.3, -0.25) is 4.90 Å². The van der Waals surface area contributed by atoms with E-state index in [0.717, 1.165) is 32.2 Å². The van der Waals surface area contributed by atoms with Gasteiger partial charge in [-0.15, -0.1) is 11.8 Å². The van der Waals surface area contributed by atoms with Crippen LogP contribution in [0.1, 0.15) is 32.6 Å². The number of carbonyl (C=O) groups is 1. The molecule has 0 aliphatic carbocycles. The van der Waals surface area contributed by atoms with Crippen LogP contribution in [-0.4, -0.2) is 51.8 Å². The van der Waals surface area contributed by atoms with Crippen LogP contribution in [0.2, 0.25) is 0 Å². The van der Waals surface area contributed by atoms with E-state index in [1.165, 1.54) is 0 Å². The number of fused-ring (bicyclic) bond motifs is 1. The molecule has 3 heterocycles. The lowest BCUT2D eigenvalue weighted by molar-refractivity contribution is -0.193. The molecule has 0 saturated carbocycles. The van der Waals surface area contributed by atoms with Gasteiger partial charge in [0.05, 0.1) is 5.37 Å². The molecule has 3 aliphatic heterocycles. The molecule has 0 aromatic heterocycles. The van der Waals surface area contributed by atoms with Crippen LogP contribution in [0, 0.1) is 0 Å². The lowest BCUT2D eigenvalue weighted by atomic mass is 9.93. The van der Waals surface area contributed by atoms with Crippen molar-refractivity contribution in [2.24, 2.45) is 0 Å². The number of hydrogen-bond donors (Lipinski definition) is 1. The molecule has 112 valence electrons. The van der Waals surface area contributed by atoms with Gasteiger partial charge in [0.15, 0.2) is 11.8 Å². The highest BCUT2D eigenvalue weighted by Crippen LogP contribution is 2.51. The van der Waals surface area contributed by atoms with Gasteiger partial charge in [-0.2, -0.15) is 0 Å². The summed E-state index contributed by atoms with van der Waals surface area (Å²) < 4.78 is 11.6. The molecule has 20 heavy (non-hydrogen) atoms. The van der Waals surface area contributed by atoms with Crippen LogP contribution in [-0.2, 0) is 14.3 Å². The first-order valence-corrected chi connectivity index (χ1v) is 8.19. The molecule has 3 aliphatic rings. The Hall–Kier alpha value is -0.560. The first kappa shape index (κ1) is 14.4. The largest absolute Gasteiger partial charge is 0.480 e. The van der Waals surface area contributed by atoms with E-state index in [0.29, 0.717) is 6.61 Å². The second-order valence-corrected chi connectivity index (χ2v) is 6.71. The number of thioether (sulfide) groups is 1. The molecule has 0 amide bonds. The molecule has 3 rings (SSSR count). The van der Waals surface area contributed by atoms with Crippen molar-refractivity contribution in [3.63, 3.8) is 0 Å². The van der Waals surface area contributed by atoms with Crippen LogP contribution in [0.3, 0.4) is 0 Å². The molecular formula is C14H21NO4S. The van der Waals surface area contributed by atoms with Gasteiger partial charge in [-0.1, -0.05) is 12.2 Å². The molecular weight excluding hydrogens is 278 g/mol. The summed E-state index contributed by atoms with van der Waals surface area (Å²) in [5.41, 5.74) is -1.44. The predicted molar refractivity (Wildman–Crippen MR) is 76.3 cm³/mol. The molecule has 0 aromatic carbocycles. The lowest BCUT2D eigenvalue weighted by Gasteiger charge is -2.43. The van der Waals surface area contributed by atoms with Gasteiger partial charge in [0.1, 0.15) is 5.44 Å². The van der Waals surface area contributed by atoms with Crippen molar-refractivity contribution in [2.45, 2.75) is 55.2 Å². The number of hydrogen-bond acceptors (Lipinski definition) is 5. The molecule has 3 fully saturated rings. The second kappa shape index (κ2) is 5.67. The maximum absolute atomic E-state index is 11.9. The summed E-state index contributed by atoms with van der Waals surface area (Å²) in [5, 5.41) is 10.0. The molecule has 1 N–H and O–H groups in total. The van der Waals surface area contributed by atoms with E-state index in [9.17, 15) is 9.90 Å². The highest BCUT2D eigenvalue weighted by molar-refractivity contribution is 8.00. The van der Waals surface area contributed by atoms with E-state index in [2.05, 4.69) is 0 Å². The van der Waals surface area contributed by atoms with Crippen molar-refractivity contribution in [2.75, 3.05) is 13.2 Å². The minimum atomic E-state index is -1.04. The number of allylic oxidation sites excluding steroid dienone is 1. The third-order valence-electron chi connectivity index (χ3n) is 4.26. The Kier molecular flexibility index (Phi) is 4.08. The SMILES string of the molecule is CC=C[C@]1(C(=O)O)C(OC2CCCCO2)SC2CCN21. The third kappa shape index (κ3) is 2.19. The average molecular weight is 299 g/mol. The van der Waals surface area contributed by atoms with Crippen LogP contribution in [0.25, 0.3) is 0 Å². The van der Waals surface area contributed by atoms with Crippen molar-refractivity contribution in [3.05, 3.63) is 12.2 Å². The summed E-state index contributed by atoms with van der Waals surface area (Å²) in [6.07, 6.45) is 7.35. The Morgan fingerprint density at radius 3 is 2.90 bits per heavy atom. The minimum absolute atomic E-state index is 0.260. The fraction of sp³-hybridized carbons (Fsp3) is 0.786. The number of carboxylic acid groups (broad SMARTS) is 1. The normalized spacial score (nSPS) is 41.5. The first-order chi connectivity index (χ1) is 9.68. The maximum Gasteiger partial charge on any atom is 0.331 e. The standard InChI is InChI=1S/C14H21NO4S/c1-2-7-14(12(16)17)13(20-10-6-8-15(10)14)19-11-5-3-4-9-18-11/h2,7,10-11,13H,3-6,8-9H2,1H3,(H,16,17)/t10?,11?,13?,14-/m0/s1. The van der Waals surface area contributed by atoms with Gasteiger partial charge >= 0.3 is 5.97 Å². The zero-order valence-corrected chi connectivity index (χ0v) is 12.5. The molecule has 0 aromatic rings. The topological polar surface area (TPSA) is 59.0 Å². The van der Waals surface area contributed by atoms with Crippen molar-refractivity contribution >= 4 is 17.7 Å². The first-order valence-electron chi connectivity index (χ1n) is 7.25. The van der Waals surface area contributed by atoms with E-state index in [4.69, 9.17) is 9.47 Å². The summed E-state index contributed by atoms with van der Waals surface area (Å²) in [5.74, 6) is -0.828. The zero-order valence-electron chi connectivity index (χ0n) is 11.7. The van der Waals surface area contributed by atoms with Crippen molar-refractivity contribution in [3.8, 4) is 0 Å². The van der Waals surface area contributed by atoms with Crippen LogP contribution >= 0.6 is 11.8 Å². The third-order valence-corrected chi connectivity index (χ3v) is 5.78. The predicted octanol–water partition coefficient (Wildman–Crippen LogP) is 2.03. The van der Waals surface area contributed by atoms with Gasteiger partial charge < -0.3 is 14.6 Å². The van der Waals surface area contributed by atoms with Crippen molar-refractivity contribution < 1.29 is 19.4 Å². The van der Waals surface area contributed by atoms with Gasteiger partial charge in [0.25, 0.3) is 0 Å².